The number of amides is 1. The maximum Gasteiger partial charge on any atom is 0.520 e. The number of rotatable bonds is 5. The molecule has 1 amide bonds. The third-order valence-electron chi connectivity index (χ3n) is 3.48. The molecular weight excluding hydrogens is 240 g/mol. The lowest BCUT2D eigenvalue weighted by Crippen LogP contribution is -2.48. The molecule has 1 aromatic carbocycles. The Morgan fingerprint density at radius 3 is 2.74 bits per heavy atom. The maximum absolute atomic E-state index is 11.6. The number of nitrogens with zero attached hydrogens (tertiary/aromatic N) is 2. The van der Waals surface area contributed by atoms with Gasteiger partial charge in [0.05, 0.1) is 6.20 Å². The SMILES string of the molecule is CCCCN1C=C[N+](Cc2ccccc2)(C(=O)O)C1. The first kappa shape index (κ1) is 13.6. The minimum absolute atomic E-state index is 0.0340. The number of benzene rings is 1. The van der Waals surface area contributed by atoms with Crippen LogP contribution in [0.1, 0.15) is 25.3 Å². The van der Waals surface area contributed by atoms with Crippen LogP contribution in [0.4, 0.5) is 4.79 Å². The van der Waals surface area contributed by atoms with E-state index >= 15 is 0 Å². The fourth-order valence-electron chi connectivity index (χ4n) is 2.35. The average Bonchev–Trinajstić information content (AvgIpc) is 2.82. The van der Waals surface area contributed by atoms with Crippen LogP contribution < -0.4 is 0 Å². The van der Waals surface area contributed by atoms with E-state index in [1.165, 1.54) is 0 Å². The molecule has 1 atom stereocenters. The average molecular weight is 261 g/mol. The first-order valence-corrected chi connectivity index (χ1v) is 6.74. The molecule has 102 valence electrons. The van der Waals surface area contributed by atoms with Crippen molar-refractivity contribution in [3.63, 3.8) is 0 Å². The molecule has 0 fully saturated rings. The third kappa shape index (κ3) is 3.15. The summed E-state index contributed by atoms with van der Waals surface area (Å²) >= 11 is 0. The molecule has 0 radical (unpaired) electrons. The third-order valence-corrected chi connectivity index (χ3v) is 3.48. The molecule has 1 aliphatic rings. The molecule has 19 heavy (non-hydrogen) atoms. The van der Waals surface area contributed by atoms with Gasteiger partial charge in [-0.25, -0.2) is 0 Å². The Hall–Kier alpha value is -1.81. The van der Waals surface area contributed by atoms with Crippen molar-refractivity contribution >= 4 is 6.09 Å². The Balaban J connectivity index is 2.09. The molecule has 1 aromatic rings. The number of quaternary nitrogens is 1. The van der Waals surface area contributed by atoms with Crippen molar-refractivity contribution in [2.24, 2.45) is 0 Å². The minimum atomic E-state index is -0.792. The number of carboxylic acid groups (broad SMARTS) is 1. The summed E-state index contributed by atoms with van der Waals surface area (Å²) in [4.78, 5) is 13.7. The molecule has 2 rings (SSSR count). The van der Waals surface area contributed by atoms with Crippen LogP contribution in [0.5, 0.6) is 0 Å². The fourth-order valence-corrected chi connectivity index (χ4v) is 2.35. The summed E-state index contributed by atoms with van der Waals surface area (Å²) in [7, 11) is 0. The Bertz CT molecular complexity index is 458. The van der Waals surface area contributed by atoms with Crippen LogP contribution in [0.2, 0.25) is 0 Å². The van der Waals surface area contributed by atoms with Crippen molar-refractivity contribution in [3.8, 4) is 0 Å². The molecule has 0 aromatic heterocycles. The summed E-state index contributed by atoms with van der Waals surface area (Å²) in [5.74, 6) is 0. The normalized spacial score (nSPS) is 21.8. The van der Waals surface area contributed by atoms with Gasteiger partial charge in [0.2, 0.25) is 0 Å². The van der Waals surface area contributed by atoms with Gasteiger partial charge in [0.15, 0.2) is 6.67 Å². The zero-order valence-corrected chi connectivity index (χ0v) is 11.3. The van der Waals surface area contributed by atoms with Crippen LogP contribution in [0.25, 0.3) is 0 Å². The second-order valence-electron chi connectivity index (χ2n) is 5.07. The van der Waals surface area contributed by atoms with E-state index in [2.05, 4.69) is 11.8 Å². The van der Waals surface area contributed by atoms with Crippen molar-refractivity contribution in [1.82, 2.24) is 4.90 Å². The van der Waals surface area contributed by atoms with E-state index in [9.17, 15) is 9.90 Å². The van der Waals surface area contributed by atoms with E-state index in [0.717, 1.165) is 24.9 Å². The maximum atomic E-state index is 11.6. The number of unbranched alkanes of at least 4 members (excludes halogenated alkanes) is 1. The van der Waals surface area contributed by atoms with Gasteiger partial charge in [0.25, 0.3) is 0 Å². The van der Waals surface area contributed by atoms with Gasteiger partial charge in [0.1, 0.15) is 12.7 Å². The van der Waals surface area contributed by atoms with E-state index in [-0.39, 0.29) is 4.48 Å². The summed E-state index contributed by atoms with van der Waals surface area (Å²) in [5, 5.41) is 9.56. The quantitative estimate of drug-likeness (QED) is 0.827. The van der Waals surface area contributed by atoms with Crippen molar-refractivity contribution in [2.75, 3.05) is 13.2 Å². The molecular formula is C15H21N2O2+. The van der Waals surface area contributed by atoms with Gasteiger partial charge < -0.3 is 10.0 Å². The van der Waals surface area contributed by atoms with Gasteiger partial charge in [-0.2, -0.15) is 9.28 Å². The second-order valence-corrected chi connectivity index (χ2v) is 5.07. The molecule has 0 saturated heterocycles. The topological polar surface area (TPSA) is 40.5 Å². The fraction of sp³-hybridized carbons (Fsp3) is 0.400. The highest BCUT2D eigenvalue weighted by Gasteiger charge is 2.40. The van der Waals surface area contributed by atoms with Gasteiger partial charge in [-0.15, -0.1) is 0 Å². The number of hydrogen-bond acceptors (Lipinski definition) is 2. The van der Waals surface area contributed by atoms with Gasteiger partial charge in [0, 0.05) is 12.1 Å². The predicted molar refractivity (Wildman–Crippen MR) is 74.1 cm³/mol. The lowest BCUT2D eigenvalue weighted by Gasteiger charge is -2.27. The standard InChI is InChI=1S/C15H20N2O2/c1-2-3-9-16-10-11-17(13-16,15(18)19)12-14-7-5-4-6-8-14/h4-8,10-11H,2-3,9,12-13H2,1H3/p+1. The van der Waals surface area contributed by atoms with Crippen molar-refractivity contribution in [1.29, 1.82) is 0 Å². The molecule has 4 nitrogen and oxygen atoms in total. The van der Waals surface area contributed by atoms with E-state index < -0.39 is 6.09 Å². The van der Waals surface area contributed by atoms with Crippen LogP contribution in [-0.4, -0.2) is 33.8 Å². The second kappa shape index (κ2) is 5.89. The Morgan fingerprint density at radius 1 is 1.37 bits per heavy atom. The summed E-state index contributed by atoms with van der Waals surface area (Å²) in [5.41, 5.74) is 1.05. The summed E-state index contributed by atoms with van der Waals surface area (Å²) in [6.07, 6.45) is 5.14. The van der Waals surface area contributed by atoms with Gasteiger partial charge in [-0.3, -0.25) is 0 Å². The van der Waals surface area contributed by atoms with Crippen LogP contribution >= 0.6 is 0 Å². The predicted octanol–water partition coefficient (Wildman–Crippen LogP) is 3.23. The van der Waals surface area contributed by atoms with Crippen molar-refractivity contribution in [2.45, 2.75) is 26.3 Å². The molecule has 1 N–H and O–H groups in total. The molecule has 0 saturated carbocycles. The molecule has 0 aliphatic carbocycles. The lowest BCUT2D eigenvalue weighted by atomic mass is 10.2. The van der Waals surface area contributed by atoms with Crippen molar-refractivity contribution < 1.29 is 14.4 Å². The highest BCUT2D eigenvalue weighted by atomic mass is 16.4. The van der Waals surface area contributed by atoms with Crippen LogP contribution in [-0.2, 0) is 6.54 Å². The lowest BCUT2D eigenvalue weighted by molar-refractivity contribution is -0.822. The Morgan fingerprint density at radius 2 is 2.11 bits per heavy atom. The summed E-state index contributed by atoms with van der Waals surface area (Å²) in [6, 6.07) is 9.80. The molecule has 1 aliphatic heterocycles. The van der Waals surface area contributed by atoms with Gasteiger partial charge in [-0.1, -0.05) is 43.7 Å². The zero-order valence-electron chi connectivity index (χ0n) is 11.3. The van der Waals surface area contributed by atoms with Crippen LogP contribution in [0.3, 0.4) is 0 Å². The minimum Gasteiger partial charge on any atom is -0.435 e. The first-order chi connectivity index (χ1) is 9.16. The van der Waals surface area contributed by atoms with Crippen molar-refractivity contribution in [3.05, 3.63) is 48.3 Å². The smallest absolute Gasteiger partial charge is 0.435 e. The molecule has 0 spiro atoms. The zero-order chi connectivity index (χ0) is 13.7. The van der Waals surface area contributed by atoms with E-state index in [0.29, 0.717) is 13.2 Å². The monoisotopic (exact) mass is 261 g/mol. The van der Waals surface area contributed by atoms with Gasteiger partial charge in [-0.05, 0) is 6.42 Å². The highest BCUT2D eigenvalue weighted by molar-refractivity contribution is 5.58. The summed E-state index contributed by atoms with van der Waals surface area (Å²) < 4.78 is -0.0340. The molecule has 1 unspecified atom stereocenters. The highest BCUT2D eigenvalue weighted by Crippen LogP contribution is 2.23. The van der Waals surface area contributed by atoms with Crippen LogP contribution in [0.15, 0.2) is 42.7 Å². The Kier molecular flexibility index (Phi) is 4.22. The van der Waals surface area contributed by atoms with E-state index in [4.69, 9.17) is 0 Å². The van der Waals surface area contributed by atoms with E-state index in [1.54, 1.807) is 6.20 Å². The molecule has 4 heteroatoms. The summed E-state index contributed by atoms with van der Waals surface area (Å²) in [6.45, 7) is 4.08. The largest absolute Gasteiger partial charge is 0.520 e. The first-order valence-electron chi connectivity index (χ1n) is 6.74. The van der Waals surface area contributed by atoms with Crippen LogP contribution in [0, 0.1) is 0 Å². The van der Waals surface area contributed by atoms with E-state index in [1.807, 2.05) is 36.5 Å². The number of carbonyl (C=O) groups is 1. The Labute approximate surface area is 114 Å². The molecule has 1 heterocycles. The molecule has 0 bridgehead atoms. The number of hydrogen-bond donors (Lipinski definition) is 1. The van der Waals surface area contributed by atoms with Gasteiger partial charge >= 0.3 is 6.09 Å².